The molecule has 18 heavy (non-hydrogen) atoms. The van der Waals surface area contributed by atoms with Gasteiger partial charge >= 0.3 is 12.1 Å². The van der Waals surface area contributed by atoms with Gasteiger partial charge in [0.05, 0.1) is 13.0 Å². The summed E-state index contributed by atoms with van der Waals surface area (Å²) < 4.78 is 9.42. The van der Waals surface area contributed by atoms with Gasteiger partial charge in [0.15, 0.2) is 0 Å². The summed E-state index contributed by atoms with van der Waals surface area (Å²) in [5.74, 6) is -0.486. The number of nitrogens with zero attached hydrogens (tertiary/aromatic N) is 3. The first-order valence-electron chi connectivity index (χ1n) is 5.34. The van der Waals surface area contributed by atoms with Crippen molar-refractivity contribution in [2.24, 2.45) is 5.11 Å². The number of amides is 1. The van der Waals surface area contributed by atoms with Crippen molar-refractivity contribution < 1.29 is 19.1 Å². The first-order valence-corrected chi connectivity index (χ1v) is 5.34. The molecular formula is C10H16N4O4. The lowest BCUT2D eigenvalue weighted by molar-refractivity contribution is -0.143. The Morgan fingerprint density at radius 1 is 1.56 bits per heavy atom. The SMILES string of the molecule is C=CCOC(=O)N[C@@H](CN=[N+]=[N-])CC(=O)OCC. The van der Waals surface area contributed by atoms with Gasteiger partial charge in [-0.15, -0.1) is 0 Å². The molecule has 0 rings (SSSR count). The van der Waals surface area contributed by atoms with E-state index >= 15 is 0 Å². The molecule has 0 saturated carbocycles. The Labute approximate surface area is 105 Å². The first-order chi connectivity index (χ1) is 8.63. The van der Waals surface area contributed by atoms with Crippen molar-refractivity contribution in [3.8, 4) is 0 Å². The molecular weight excluding hydrogens is 240 g/mol. The molecule has 0 aromatic heterocycles. The lowest BCUT2D eigenvalue weighted by atomic mass is 10.2. The molecule has 0 unspecified atom stereocenters. The van der Waals surface area contributed by atoms with E-state index in [0.29, 0.717) is 0 Å². The van der Waals surface area contributed by atoms with Crippen LogP contribution in [0.15, 0.2) is 17.8 Å². The van der Waals surface area contributed by atoms with Gasteiger partial charge in [-0.3, -0.25) is 4.79 Å². The molecule has 0 aliphatic rings. The van der Waals surface area contributed by atoms with Gasteiger partial charge in [-0.05, 0) is 12.5 Å². The smallest absolute Gasteiger partial charge is 0.407 e. The van der Waals surface area contributed by atoms with Crippen LogP contribution in [0.25, 0.3) is 10.4 Å². The van der Waals surface area contributed by atoms with E-state index in [1.165, 1.54) is 6.08 Å². The van der Waals surface area contributed by atoms with Crippen LogP contribution in [0.1, 0.15) is 13.3 Å². The van der Waals surface area contributed by atoms with Crippen molar-refractivity contribution in [2.45, 2.75) is 19.4 Å². The van der Waals surface area contributed by atoms with Crippen molar-refractivity contribution >= 4 is 12.1 Å². The predicted molar refractivity (Wildman–Crippen MR) is 63.7 cm³/mol. The third-order valence-electron chi connectivity index (χ3n) is 1.74. The van der Waals surface area contributed by atoms with Gasteiger partial charge in [-0.2, -0.15) is 0 Å². The summed E-state index contributed by atoms with van der Waals surface area (Å²) in [4.78, 5) is 25.1. The number of carbonyl (C=O) groups excluding carboxylic acids is 2. The fraction of sp³-hybridized carbons (Fsp3) is 0.600. The molecule has 0 bridgehead atoms. The molecule has 0 spiro atoms. The Balaban J connectivity index is 4.28. The number of hydrogen-bond donors (Lipinski definition) is 1. The van der Waals surface area contributed by atoms with Crippen LogP contribution >= 0.6 is 0 Å². The highest BCUT2D eigenvalue weighted by molar-refractivity contribution is 5.72. The van der Waals surface area contributed by atoms with Crippen LogP contribution in [-0.2, 0) is 14.3 Å². The van der Waals surface area contributed by atoms with Crippen molar-refractivity contribution in [2.75, 3.05) is 19.8 Å². The first kappa shape index (κ1) is 15.8. The standard InChI is InChI=1S/C10H16N4O4/c1-3-5-18-10(16)13-8(7-12-14-11)6-9(15)17-4-2/h3,8H,1,4-7H2,2H3,(H,13,16)/t8-/m1/s1. The monoisotopic (exact) mass is 256 g/mol. The Bertz CT molecular complexity index is 339. The van der Waals surface area contributed by atoms with Gasteiger partial charge in [0.2, 0.25) is 0 Å². The Hall–Kier alpha value is -2.21. The average molecular weight is 256 g/mol. The molecule has 0 radical (unpaired) electrons. The summed E-state index contributed by atoms with van der Waals surface area (Å²) in [6.45, 7) is 5.30. The van der Waals surface area contributed by atoms with E-state index in [4.69, 9.17) is 10.3 Å². The minimum absolute atomic E-state index is 0.0550. The third kappa shape index (κ3) is 8.00. The summed E-state index contributed by atoms with van der Waals surface area (Å²) in [6, 6.07) is -0.655. The fourth-order valence-electron chi connectivity index (χ4n) is 1.06. The molecule has 8 nitrogen and oxygen atoms in total. The van der Waals surface area contributed by atoms with Crippen molar-refractivity contribution in [3.63, 3.8) is 0 Å². The van der Waals surface area contributed by atoms with E-state index in [1.807, 2.05) is 0 Å². The lowest BCUT2D eigenvalue weighted by Gasteiger charge is -2.15. The molecule has 0 aromatic carbocycles. The normalized spacial score (nSPS) is 10.7. The van der Waals surface area contributed by atoms with Crippen LogP contribution < -0.4 is 5.32 Å². The largest absolute Gasteiger partial charge is 0.466 e. The Kier molecular flexibility index (Phi) is 8.75. The van der Waals surface area contributed by atoms with Gasteiger partial charge in [-0.1, -0.05) is 17.8 Å². The maximum atomic E-state index is 11.2. The van der Waals surface area contributed by atoms with Gasteiger partial charge in [0, 0.05) is 17.5 Å². The second-order valence-corrected chi connectivity index (χ2v) is 3.15. The molecule has 1 amide bonds. The van der Waals surface area contributed by atoms with Crippen LogP contribution in [0.3, 0.4) is 0 Å². The van der Waals surface area contributed by atoms with Gasteiger partial charge in [-0.25, -0.2) is 4.79 Å². The molecule has 1 N–H and O–H groups in total. The molecule has 0 fully saturated rings. The number of carbonyl (C=O) groups is 2. The van der Waals surface area contributed by atoms with E-state index in [9.17, 15) is 9.59 Å². The highest BCUT2D eigenvalue weighted by Gasteiger charge is 2.17. The molecule has 0 heterocycles. The molecule has 1 atom stereocenters. The highest BCUT2D eigenvalue weighted by Crippen LogP contribution is 1.98. The Morgan fingerprint density at radius 2 is 2.28 bits per heavy atom. The molecule has 100 valence electrons. The Morgan fingerprint density at radius 3 is 2.83 bits per heavy atom. The van der Waals surface area contributed by atoms with Crippen molar-refractivity contribution in [1.82, 2.24) is 5.32 Å². The van der Waals surface area contributed by atoms with Crippen LogP contribution in [-0.4, -0.2) is 37.9 Å². The zero-order chi connectivity index (χ0) is 13.8. The van der Waals surface area contributed by atoms with Crippen LogP contribution in [0.4, 0.5) is 4.79 Å². The van der Waals surface area contributed by atoms with Crippen LogP contribution in [0.2, 0.25) is 0 Å². The number of esters is 1. The van der Waals surface area contributed by atoms with Gasteiger partial charge in [0.1, 0.15) is 6.61 Å². The summed E-state index contributed by atoms with van der Waals surface area (Å²) >= 11 is 0. The van der Waals surface area contributed by atoms with Crippen molar-refractivity contribution in [3.05, 3.63) is 23.1 Å². The third-order valence-corrected chi connectivity index (χ3v) is 1.74. The molecule has 0 aromatic rings. The minimum atomic E-state index is -0.711. The van der Waals surface area contributed by atoms with E-state index in [1.54, 1.807) is 6.92 Å². The van der Waals surface area contributed by atoms with E-state index < -0.39 is 18.1 Å². The summed E-state index contributed by atoms with van der Waals surface area (Å²) in [7, 11) is 0. The fourth-order valence-corrected chi connectivity index (χ4v) is 1.06. The number of rotatable bonds is 8. The molecule has 0 aliphatic carbocycles. The number of nitrogens with one attached hydrogen (secondary N) is 1. The maximum absolute atomic E-state index is 11.2. The van der Waals surface area contributed by atoms with Gasteiger partial charge in [0.25, 0.3) is 0 Å². The summed E-state index contributed by atoms with van der Waals surface area (Å²) in [5.41, 5.74) is 8.21. The summed E-state index contributed by atoms with van der Waals surface area (Å²) in [6.07, 6.45) is 0.612. The van der Waals surface area contributed by atoms with Crippen LogP contribution in [0, 0.1) is 0 Å². The maximum Gasteiger partial charge on any atom is 0.407 e. The van der Waals surface area contributed by atoms with E-state index in [2.05, 4.69) is 26.7 Å². The average Bonchev–Trinajstić information content (AvgIpc) is 2.33. The zero-order valence-electron chi connectivity index (χ0n) is 10.2. The molecule has 0 saturated heterocycles. The molecule has 8 heteroatoms. The number of ether oxygens (including phenoxy) is 2. The second kappa shape index (κ2) is 9.98. The van der Waals surface area contributed by atoms with Gasteiger partial charge < -0.3 is 14.8 Å². The number of azide groups is 1. The molecule has 0 aliphatic heterocycles. The number of hydrogen-bond acceptors (Lipinski definition) is 5. The highest BCUT2D eigenvalue weighted by atomic mass is 16.5. The van der Waals surface area contributed by atoms with E-state index in [0.717, 1.165) is 0 Å². The number of alkyl carbamates (subject to hydrolysis) is 1. The topological polar surface area (TPSA) is 113 Å². The van der Waals surface area contributed by atoms with Crippen LogP contribution in [0.5, 0.6) is 0 Å². The predicted octanol–water partition coefficient (Wildman–Crippen LogP) is 1.53. The quantitative estimate of drug-likeness (QED) is 0.233. The van der Waals surface area contributed by atoms with E-state index in [-0.39, 0.29) is 26.2 Å². The lowest BCUT2D eigenvalue weighted by Crippen LogP contribution is -2.39. The minimum Gasteiger partial charge on any atom is -0.466 e. The van der Waals surface area contributed by atoms with Crippen molar-refractivity contribution in [1.29, 1.82) is 0 Å². The second-order valence-electron chi connectivity index (χ2n) is 3.15. The summed E-state index contributed by atoms with van der Waals surface area (Å²) in [5, 5.41) is 5.70. The zero-order valence-corrected chi connectivity index (χ0v) is 10.2.